The van der Waals surface area contributed by atoms with Gasteiger partial charge in [-0.2, -0.15) is 0 Å². The minimum absolute atomic E-state index is 0.137. The van der Waals surface area contributed by atoms with Crippen LogP contribution in [0.3, 0.4) is 0 Å². The Morgan fingerprint density at radius 1 is 1.30 bits per heavy atom. The van der Waals surface area contributed by atoms with E-state index in [-0.39, 0.29) is 4.90 Å². The van der Waals surface area contributed by atoms with Gasteiger partial charge < -0.3 is 4.42 Å². The Balaban J connectivity index is 2.27. The van der Waals surface area contributed by atoms with Gasteiger partial charge in [0.25, 0.3) is 0 Å². The summed E-state index contributed by atoms with van der Waals surface area (Å²) in [6.07, 6.45) is 2.82. The summed E-state index contributed by atoms with van der Waals surface area (Å²) in [6, 6.07) is 4.38. The molecule has 1 heterocycles. The first-order chi connectivity index (χ1) is 9.45. The van der Waals surface area contributed by atoms with Crippen molar-refractivity contribution in [2.75, 3.05) is 6.54 Å². The molecule has 0 spiro atoms. The zero-order chi connectivity index (χ0) is 14.8. The van der Waals surface area contributed by atoms with Gasteiger partial charge in [-0.05, 0) is 24.6 Å². The number of fused-ring (bicyclic) bond motifs is 1. The molecule has 0 saturated heterocycles. The summed E-state index contributed by atoms with van der Waals surface area (Å²) in [5, 5.41) is 0. The van der Waals surface area contributed by atoms with Crippen molar-refractivity contribution in [2.45, 2.75) is 31.1 Å². The van der Waals surface area contributed by atoms with E-state index in [1.54, 1.807) is 7.05 Å². The molecule has 0 radical (unpaired) electrons. The van der Waals surface area contributed by atoms with Gasteiger partial charge in [-0.15, -0.1) is 0 Å². The number of aromatic nitrogens is 1. The molecular weight excluding hydrogens is 280 g/mol. The Kier molecular flexibility index (Phi) is 4.29. The quantitative estimate of drug-likeness (QED) is 0.821. The van der Waals surface area contributed by atoms with Crippen LogP contribution in [0.5, 0.6) is 0 Å². The van der Waals surface area contributed by atoms with Crippen molar-refractivity contribution in [3.8, 4) is 0 Å². The van der Waals surface area contributed by atoms with Crippen LogP contribution in [0.2, 0.25) is 0 Å². The number of benzene rings is 1. The van der Waals surface area contributed by atoms with Crippen LogP contribution in [0.25, 0.3) is 11.1 Å². The topological polar surface area (TPSA) is 81.3 Å². The molecule has 2 rings (SSSR count). The predicted molar refractivity (Wildman–Crippen MR) is 76.2 cm³/mol. The monoisotopic (exact) mass is 298 g/mol. The first kappa shape index (κ1) is 14.8. The second-order valence-electron chi connectivity index (χ2n) is 4.66. The number of rotatable bonds is 6. The summed E-state index contributed by atoms with van der Waals surface area (Å²) < 4.78 is 33.1. The Morgan fingerprint density at radius 2 is 2.05 bits per heavy atom. The average Bonchev–Trinajstić information content (AvgIpc) is 2.70. The lowest BCUT2D eigenvalue weighted by atomic mass is 10.3. The molecule has 0 bridgehead atoms. The summed E-state index contributed by atoms with van der Waals surface area (Å²) >= 11 is 0. The maximum Gasteiger partial charge on any atom is 0.419 e. The number of hydrogen-bond acceptors (Lipinski definition) is 4. The zero-order valence-corrected chi connectivity index (χ0v) is 12.4. The van der Waals surface area contributed by atoms with E-state index in [4.69, 9.17) is 4.42 Å². The molecule has 20 heavy (non-hydrogen) atoms. The van der Waals surface area contributed by atoms with Gasteiger partial charge in [0.2, 0.25) is 10.0 Å². The number of aryl methyl sites for hydroxylation is 1. The van der Waals surface area contributed by atoms with Crippen LogP contribution in [0.1, 0.15) is 26.2 Å². The fraction of sp³-hybridized carbons (Fsp3) is 0.462. The summed E-state index contributed by atoms with van der Waals surface area (Å²) in [6.45, 7) is 2.47. The largest absolute Gasteiger partial charge is 0.419 e. The highest BCUT2D eigenvalue weighted by molar-refractivity contribution is 7.89. The van der Waals surface area contributed by atoms with Crippen molar-refractivity contribution in [2.24, 2.45) is 7.05 Å². The fourth-order valence-corrected chi connectivity index (χ4v) is 3.03. The first-order valence-corrected chi connectivity index (χ1v) is 8.03. The van der Waals surface area contributed by atoms with E-state index < -0.39 is 15.8 Å². The molecule has 110 valence electrons. The van der Waals surface area contributed by atoms with E-state index in [0.717, 1.165) is 19.3 Å². The average molecular weight is 298 g/mol. The molecule has 2 aromatic rings. The second-order valence-corrected chi connectivity index (χ2v) is 6.43. The predicted octanol–water partition coefficient (Wildman–Crippen LogP) is 1.60. The molecule has 1 N–H and O–H groups in total. The minimum Gasteiger partial charge on any atom is -0.408 e. The molecule has 0 fully saturated rings. The van der Waals surface area contributed by atoms with E-state index in [1.807, 2.05) is 0 Å². The van der Waals surface area contributed by atoms with E-state index in [2.05, 4.69) is 11.6 Å². The lowest BCUT2D eigenvalue weighted by Crippen LogP contribution is -2.24. The third kappa shape index (κ3) is 2.94. The maximum absolute atomic E-state index is 12.1. The van der Waals surface area contributed by atoms with Crippen molar-refractivity contribution in [3.63, 3.8) is 0 Å². The third-order valence-electron chi connectivity index (χ3n) is 3.15. The van der Waals surface area contributed by atoms with Gasteiger partial charge in [0.15, 0.2) is 5.58 Å². The number of sulfonamides is 1. The van der Waals surface area contributed by atoms with Gasteiger partial charge in [0.1, 0.15) is 0 Å². The molecule has 7 heteroatoms. The standard InChI is InChI=1S/C13H18N2O4S/c1-3-4-5-8-14-20(17,18)10-6-7-12-11(9-10)15(2)13(16)19-12/h6-7,9,14H,3-5,8H2,1-2H3. The number of oxazole rings is 1. The summed E-state index contributed by atoms with van der Waals surface area (Å²) in [7, 11) is -2.01. The molecule has 0 aliphatic heterocycles. The number of unbranched alkanes of at least 4 members (excludes halogenated alkanes) is 2. The summed E-state index contributed by atoms with van der Waals surface area (Å²) in [4.78, 5) is 11.5. The third-order valence-corrected chi connectivity index (χ3v) is 4.60. The Hall–Kier alpha value is -1.60. The summed E-state index contributed by atoms with van der Waals surface area (Å²) in [5.74, 6) is -0.509. The van der Waals surface area contributed by atoms with Crippen LogP contribution in [0, 0.1) is 0 Å². The van der Waals surface area contributed by atoms with E-state index >= 15 is 0 Å². The molecule has 0 amide bonds. The van der Waals surface area contributed by atoms with Gasteiger partial charge in [-0.3, -0.25) is 4.57 Å². The first-order valence-electron chi connectivity index (χ1n) is 6.55. The SMILES string of the molecule is CCCCCNS(=O)(=O)c1ccc2oc(=O)n(C)c2c1. The number of hydrogen-bond donors (Lipinski definition) is 1. The highest BCUT2D eigenvalue weighted by Gasteiger charge is 2.16. The van der Waals surface area contributed by atoms with Crippen molar-refractivity contribution in [1.29, 1.82) is 0 Å². The molecular formula is C13H18N2O4S. The van der Waals surface area contributed by atoms with Gasteiger partial charge >= 0.3 is 5.76 Å². The van der Waals surface area contributed by atoms with Gasteiger partial charge in [-0.25, -0.2) is 17.9 Å². The van der Waals surface area contributed by atoms with E-state index in [9.17, 15) is 13.2 Å². The molecule has 0 atom stereocenters. The van der Waals surface area contributed by atoms with Crippen LogP contribution >= 0.6 is 0 Å². The van der Waals surface area contributed by atoms with Crippen LogP contribution in [0.15, 0.2) is 32.3 Å². The number of nitrogens with one attached hydrogen (secondary N) is 1. The lowest BCUT2D eigenvalue weighted by Gasteiger charge is -2.06. The lowest BCUT2D eigenvalue weighted by molar-refractivity contribution is 0.528. The van der Waals surface area contributed by atoms with Crippen molar-refractivity contribution in [1.82, 2.24) is 9.29 Å². The minimum atomic E-state index is -3.55. The molecule has 1 aromatic carbocycles. The zero-order valence-electron chi connectivity index (χ0n) is 11.5. The Labute approximate surface area is 117 Å². The fourth-order valence-electron chi connectivity index (χ4n) is 1.94. The van der Waals surface area contributed by atoms with Gasteiger partial charge in [0, 0.05) is 13.6 Å². The van der Waals surface area contributed by atoms with Crippen LogP contribution in [-0.4, -0.2) is 19.5 Å². The highest BCUT2D eigenvalue weighted by Crippen LogP contribution is 2.17. The molecule has 0 saturated carbocycles. The summed E-state index contributed by atoms with van der Waals surface area (Å²) in [5.41, 5.74) is 0.842. The van der Waals surface area contributed by atoms with Crippen LogP contribution in [-0.2, 0) is 17.1 Å². The Morgan fingerprint density at radius 3 is 2.75 bits per heavy atom. The van der Waals surface area contributed by atoms with Gasteiger partial charge in [0.05, 0.1) is 10.4 Å². The highest BCUT2D eigenvalue weighted by atomic mass is 32.2. The maximum atomic E-state index is 12.1. The number of nitrogens with zero attached hydrogens (tertiary/aromatic N) is 1. The van der Waals surface area contributed by atoms with Crippen molar-refractivity contribution in [3.05, 3.63) is 28.7 Å². The molecule has 0 aliphatic rings. The van der Waals surface area contributed by atoms with Crippen molar-refractivity contribution < 1.29 is 12.8 Å². The molecule has 1 aromatic heterocycles. The second kappa shape index (κ2) is 5.80. The Bertz CT molecular complexity index is 758. The normalized spacial score (nSPS) is 12.1. The van der Waals surface area contributed by atoms with Gasteiger partial charge in [-0.1, -0.05) is 19.8 Å². The molecule has 0 aliphatic carbocycles. The van der Waals surface area contributed by atoms with Crippen LogP contribution < -0.4 is 10.5 Å². The molecule has 6 nitrogen and oxygen atoms in total. The van der Waals surface area contributed by atoms with Crippen molar-refractivity contribution >= 4 is 21.1 Å². The van der Waals surface area contributed by atoms with E-state index in [1.165, 1.54) is 22.8 Å². The smallest absolute Gasteiger partial charge is 0.408 e. The molecule has 0 unspecified atom stereocenters. The van der Waals surface area contributed by atoms with E-state index in [0.29, 0.717) is 17.6 Å². The van der Waals surface area contributed by atoms with Crippen LogP contribution in [0.4, 0.5) is 0 Å².